The third-order valence-corrected chi connectivity index (χ3v) is 7.08. The zero-order valence-corrected chi connectivity index (χ0v) is 19.4. The van der Waals surface area contributed by atoms with E-state index in [1.807, 2.05) is 61.5 Å². The molecular formula is C27H24ClN3O3. The molecule has 2 aliphatic rings. The zero-order valence-electron chi connectivity index (χ0n) is 18.6. The molecule has 3 aromatic carbocycles. The number of hydrogen-bond acceptors (Lipinski definition) is 4. The Bertz CT molecular complexity index is 1290. The van der Waals surface area contributed by atoms with E-state index in [4.69, 9.17) is 11.6 Å². The highest BCUT2D eigenvalue weighted by molar-refractivity contribution is 6.32. The number of nitro groups is 1. The van der Waals surface area contributed by atoms with Gasteiger partial charge in [-0.2, -0.15) is 0 Å². The number of carbonyl (C=O) groups is 1. The summed E-state index contributed by atoms with van der Waals surface area (Å²) < 4.78 is 0. The van der Waals surface area contributed by atoms with Crippen molar-refractivity contribution in [1.82, 2.24) is 0 Å². The first-order valence-corrected chi connectivity index (χ1v) is 11.7. The van der Waals surface area contributed by atoms with E-state index in [1.54, 1.807) is 17.0 Å². The molecular weight excluding hydrogens is 450 g/mol. The molecule has 0 bridgehead atoms. The number of nitrogens with one attached hydrogen (secondary N) is 1. The summed E-state index contributed by atoms with van der Waals surface area (Å²) in [5, 5.41) is 15.1. The monoisotopic (exact) mass is 473 g/mol. The van der Waals surface area contributed by atoms with Crippen LogP contribution in [-0.2, 0) is 0 Å². The Morgan fingerprint density at radius 1 is 1.15 bits per heavy atom. The number of anilines is 2. The van der Waals surface area contributed by atoms with Gasteiger partial charge in [0.1, 0.15) is 5.02 Å². The lowest BCUT2D eigenvalue weighted by Crippen LogP contribution is -2.32. The van der Waals surface area contributed by atoms with Gasteiger partial charge in [-0.05, 0) is 66.8 Å². The van der Waals surface area contributed by atoms with Crippen molar-refractivity contribution in [1.29, 1.82) is 0 Å². The first-order chi connectivity index (χ1) is 16.5. The van der Waals surface area contributed by atoms with Crippen molar-refractivity contribution >= 4 is 34.6 Å². The maximum Gasteiger partial charge on any atom is 0.288 e. The van der Waals surface area contributed by atoms with Gasteiger partial charge in [-0.25, -0.2) is 0 Å². The van der Waals surface area contributed by atoms with Crippen molar-refractivity contribution in [2.24, 2.45) is 5.92 Å². The second kappa shape index (κ2) is 8.95. The van der Waals surface area contributed by atoms with E-state index in [0.29, 0.717) is 12.1 Å². The number of allylic oxidation sites excluding steroid dienone is 2. The summed E-state index contributed by atoms with van der Waals surface area (Å²) in [5.74, 6) is 0.274. The largest absolute Gasteiger partial charge is 0.378 e. The van der Waals surface area contributed by atoms with Gasteiger partial charge in [-0.1, -0.05) is 48.0 Å². The number of fused-ring (bicyclic) bond motifs is 3. The summed E-state index contributed by atoms with van der Waals surface area (Å²) in [6, 6.07) is 20.4. The lowest BCUT2D eigenvalue weighted by Gasteiger charge is -2.37. The summed E-state index contributed by atoms with van der Waals surface area (Å²) in [7, 11) is 0. The molecule has 0 radical (unpaired) electrons. The van der Waals surface area contributed by atoms with E-state index >= 15 is 0 Å². The van der Waals surface area contributed by atoms with Gasteiger partial charge in [-0.3, -0.25) is 14.9 Å². The molecule has 34 heavy (non-hydrogen) atoms. The van der Waals surface area contributed by atoms with Crippen LogP contribution in [0.2, 0.25) is 5.02 Å². The summed E-state index contributed by atoms with van der Waals surface area (Å²) in [4.78, 5) is 26.1. The molecule has 0 spiro atoms. The van der Waals surface area contributed by atoms with Crippen LogP contribution in [-0.4, -0.2) is 17.4 Å². The maximum absolute atomic E-state index is 13.4. The maximum atomic E-state index is 13.4. The van der Waals surface area contributed by atoms with Gasteiger partial charge >= 0.3 is 0 Å². The van der Waals surface area contributed by atoms with E-state index < -0.39 is 4.92 Å². The Hall–Kier alpha value is -3.64. The first kappa shape index (κ1) is 22.2. The molecule has 3 unspecified atom stereocenters. The number of nitro benzene ring substituents is 1. The van der Waals surface area contributed by atoms with Crippen LogP contribution >= 0.6 is 11.6 Å². The Morgan fingerprint density at radius 3 is 2.68 bits per heavy atom. The Balaban J connectivity index is 1.49. The van der Waals surface area contributed by atoms with Gasteiger partial charge in [-0.15, -0.1) is 0 Å². The SMILES string of the molecule is CCN(C(=O)c1ccc2c(c1)C1C=CCC1C(c1ccc(Cl)c([N+](=O)[O-])c1)N2)c1ccccc1. The van der Waals surface area contributed by atoms with Crippen LogP contribution in [0.3, 0.4) is 0 Å². The minimum absolute atomic E-state index is 0.0366. The second-order valence-electron chi connectivity index (χ2n) is 8.63. The van der Waals surface area contributed by atoms with Crippen LogP contribution in [0.15, 0.2) is 78.9 Å². The standard InChI is InChI=1S/C27H24ClN3O3/c1-2-30(19-7-4-3-5-8-19)27(32)18-12-14-24-22(15-18)20-9-6-10-21(20)26(29-24)17-11-13-23(28)25(16-17)31(33)34/h3-9,11-16,20-21,26,29H,2,10H2,1H3. The number of nitrogens with zero attached hydrogens (tertiary/aromatic N) is 2. The molecule has 3 atom stereocenters. The van der Waals surface area contributed by atoms with Gasteiger partial charge in [0.15, 0.2) is 0 Å². The molecule has 5 rings (SSSR count). The lowest BCUT2D eigenvalue weighted by molar-refractivity contribution is -0.384. The van der Waals surface area contributed by atoms with Gasteiger partial charge in [0.25, 0.3) is 11.6 Å². The molecule has 1 aliphatic heterocycles. The summed E-state index contributed by atoms with van der Waals surface area (Å²) in [5.41, 5.74) is 4.28. The number of benzene rings is 3. The van der Waals surface area contributed by atoms with E-state index in [2.05, 4.69) is 17.5 Å². The molecule has 0 saturated heterocycles. The lowest BCUT2D eigenvalue weighted by atomic mass is 9.76. The smallest absolute Gasteiger partial charge is 0.288 e. The number of para-hydroxylation sites is 1. The quantitative estimate of drug-likeness (QED) is 0.253. The van der Waals surface area contributed by atoms with Gasteiger partial charge in [0.2, 0.25) is 0 Å². The highest BCUT2D eigenvalue weighted by Gasteiger charge is 2.39. The molecule has 1 N–H and O–H groups in total. The molecule has 0 saturated carbocycles. The van der Waals surface area contributed by atoms with E-state index in [1.165, 1.54) is 0 Å². The van der Waals surface area contributed by atoms with Crippen LogP contribution in [0.4, 0.5) is 17.1 Å². The van der Waals surface area contributed by atoms with Crippen molar-refractivity contribution in [2.45, 2.75) is 25.3 Å². The average Bonchev–Trinajstić information content (AvgIpc) is 3.35. The van der Waals surface area contributed by atoms with Crippen LogP contribution in [0, 0.1) is 16.0 Å². The van der Waals surface area contributed by atoms with Crippen molar-refractivity contribution in [3.05, 3.63) is 111 Å². The summed E-state index contributed by atoms with van der Waals surface area (Å²) in [6.07, 6.45) is 5.19. The van der Waals surface area contributed by atoms with Gasteiger partial charge < -0.3 is 10.2 Å². The molecule has 0 fully saturated rings. The first-order valence-electron chi connectivity index (χ1n) is 11.4. The number of carbonyl (C=O) groups excluding carboxylic acids is 1. The number of halogens is 1. The van der Waals surface area contributed by atoms with E-state index in [-0.39, 0.29) is 34.5 Å². The molecule has 3 aromatic rings. The van der Waals surface area contributed by atoms with Crippen LogP contribution in [0.5, 0.6) is 0 Å². The fraction of sp³-hybridized carbons (Fsp3) is 0.222. The predicted molar refractivity (Wildman–Crippen MR) is 135 cm³/mol. The molecule has 0 aromatic heterocycles. The second-order valence-corrected chi connectivity index (χ2v) is 9.04. The van der Waals surface area contributed by atoms with Gasteiger partial charge in [0.05, 0.1) is 11.0 Å². The van der Waals surface area contributed by atoms with E-state index in [0.717, 1.165) is 28.9 Å². The number of hydrogen-bond donors (Lipinski definition) is 1. The topological polar surface area (TPSA) is 75.5 Å². The van der Waals surface area contributed by atoms with Crippen LogP contribution in [0.1, 0.15) is 46.8 Å². The normalized spacial score (nSPS) is 20.2. The minimum Gasteiger partial charge on any atom is -0.378 e. The number of rotatable bonds is 5. The molecule has 1 aliphatic carbocycles. The third-order valence-electron chi connectivity index (χ3n) is 6.76. The number of amides is 1. The highest BCUT2D eigenvalue weighted by Crippen LogP contribution is 2.50. The molecule has 1 heterocycles. The highest BCUT2D eigenvalue weighted by atomic mass is 35.5. The van der Waals surface area contributed by atoms with Crippen molar-refractivity contribution in [3.63, 3.8) is 0 Å². The Labute approximate surface area is 203 Å². The fourth-order valence-corrected chi connectivity index (χ4v) is 5.31. The molecule has 6 nitrogen and oxygen atoms in total. The molecule has 172 valence electrons. The minimum atomic E-state index is -0.447. The Kier molecular flexibility index (Phi) is 5.84. The molecule has 7 heteroatoms. The van der Waals surface area contributed by atoms with Crippen LogP contribution in [0.25, 0.3) is 0 Å². The zero-order chi connectivity index (χ0) is 23.8. The predicted octanol–water partition coefficient (Wildman–Crippen LogP) is 6.74. The molecule has 1 amide bonds. The summed E-state index contributed by atoms with van der Waals surface area (Å²) in [6.45, 7) is 2.54. The van der Waals surface area contributed by atoms with Crippen molar-refractivity contribution in [3.8, 4) is 0 Å². The Morgan fingerprint density at radius 2 is 1.94 bits per heavy atom. The van der Waals surface area contributed by atoms with Crippen molar-refractivity contribution in [2.75, 3.05) is 16.8 Å². The van der Waals surface area contributed by atoms with Gasteiger partial charge in [0, 0.05) is 35.5 Å². The fourth-order valence-electron chi connectivity index (χ4n) is 5.13. The average molecular weight is 474 g/mol. The van der Waals surface area contributed by atoms with Crippen molar-refractivity contribution < 1.29 is 9.72 Å². The summed E-state index contributed by atoms with van der Waals surface area (Å²) >= 11 is 6.04. The third kappa shape index (κ3) is 3.84. The van der Waals surface area contributed by atoms with E-state index in [9.17, 15) is 14.9 Å². The van der Waals surface area contributed by atoms with Crippen LogP contribution < -0.4 is 10.2 Å².